The van der Waals surface area contributed by atoms with Crippen molar-refractivity contribution in [3.05, 3.63) is 18.5 Å². The summed E-state index contributed by atoms with van der Waals surface area (Å²) >= 11 is 0. The Kier molecular flexibility index (Phi) is 6.95. The minimum absolute atomic E-state index is 0.0239. The summed E-state index contributed by atoms with van der Waals surface area (Å²) < 4.78 is 27.7. The molecule has 0 amide bonds. The van der Waals surface area contributed by atoms with Crippen molar-refractivity contribution in [1.82, 2.24) is 9.71 Å². The van der Waals surface area contributed by atoms with Gasteiger partial charge in [0.05, 0.1) is 5.69 Å². The van der Waals surface area contributed by atoms with Crippen molar-refractivity contribution in [3.8, 4) is 0 Å². The van der Waals surface area contributed by atoms with E-state index in [1.165, 1.54) is 6.20 Å². The van der Waals surface area contributed by atoms with Crippen molar-refractivity contribution >= 4 is 15.7 Å². The molecule has 1 unspecified atom stereocenters. The second kappa shape index (κ2) is 8.21. The Morgan fingerprint density at radius 1 is 1.25 bits per heavy atom. The average Bonchev–Trinajstić information content (AvgIpc) is 2.44. The normalized spacial score (nSPS) is 13.2. The van der Waals surface area contributed by atoms with Crippen LogP contribution in [0, 0.1) is 0 Å². The van der Waals surface area contributed by atoms with E-state index in [0.29, 0.717) is 5.69 Å². The Labute approximate surface area is 122 Å². The third kappa shape index (κ3) is 4.76. The molecule has 0 spiro atoms. The van der Waals surface area contributed by atoms with Gasteiger partial charge >= 0.3 is 0 Å². The fourth-order valence-corrected chi connectivity index (χ4v) is 3.46. The molecule has 114 valence electrons. The van der Waals surface area contributed by atoms with Crippen LogP contribution in [0.25, 0.3) is 0 Å². The summed E-state index contributed by atoms with van der Waals surface area (Å²) in [5, 5.41) is 3.13. The van der Waals surface area contributed by atoms with E-state index in [-0.39, 0.29) is 10.9 Å². The van der Waals surface area contributed by atoms with Gasteiger partial charge in [-0.1, -0.05) is 27.2 Å². The summed E-state index contributed by atoms with van der Waals surface area (Å²) in [4.78, 5) is 4.16. The first-order valence-corrected chi connectivity index (χ1v) is 8.73. The molecule has 0 aliphatic carbocycles. The second-order valence-electron chi connectivity index (χ2n) is 4.81. The minimum atomic E-state index is -3.53. The van der Waals surface area contributed by atoms with Gasteiger partial charge in [-0.2, -0.15) is 0 Å². The van der Waals surface area contributed by atoms with Gasteiger partial charge in [0.2, 0.25) is 10.0 Å². The van der Waals surface area contributed by atoms with Crippen molar-refractivity contribution in [2.75, 3.05) is 11.9 Å². The van der Waals surface area contributed by atoms with Crippen LogP contribution in [0.1, 0.15) is 46.5 Å². The fraction of sp³-hybridized carbons (Fsp3) is 0.643. The third-order valence-corrected chi connectivity index (χ3v) is 4.64. The van der Waals surface area contributed by atoms with Gasteiger partial charge in [-0.3, -0.25) is 4.98 Å². The molecule has 5 nitrogen and oxygen atoms in total. The van der Waals surface area contributed by atoms with Crippen LogP contribution in [0.4, 0.5) is 5.69 Å². The average molecular weight is 299 g/mol. The van der Waals surface area contributed by atoms with Crippen molar-refractivity contribution in [3.63, 3.8) is 0 Å². The molecule has 0 saturated carbocycles. The molecule has 1 atom stereocenters. The molecular formula is C14H25N3O2S. The highest BCUT2D eigenvalue weighted by molar-refractivity contribution is 7.89. The second-order valence-corrected chi connectivity index (χ2v) is 6.50. The van der Waals surface area contributed by atoms with Crippen molar-refractivity contribution < 1.29 is 8.42 Å². The van der Waals surface area contributed by atoms with E-state index in [1.807, 2.05) is 13.8 Å². The molecule has 1 aromatic rings. The van der Waals surface area contributed by atoms with E-state index in [1.54, 1.807) is 12.3 Å². The summed E-state index contributed by atoms with van der Waals surface area (Å²) in [6.45, 7) is 6.81. The Hall–Kier alpha value is -1.14. The first kappa shape index (κ1) is 16.9. The van der Waals surface area contributed by atoms with Gasteiger partial charge in [0.15, 0.2) is 0 Å². The van der Waals surface area contributed by atoms with Crippen LogP contribution in [0.3, 0.4) is 0 Å². The molecule has 2 N–H and O–H groups in total. The zero-order valence-electron chi connectivity index (χ0n) is 12.5. The predicted octanol–water partition coefficient (Wildman–Crippen LogP) is 2.76. The zero-order valence-corrected chi connectivity index (χ0v) is 13.3. The number of hydrogen-bond acceptors (Lipinski definition) is 4. The van der Waals surface area contributed by atoms with Gasteiger partial charge in [-0.25, -0.2) is 13.1 Å². The van der Waals surface area contributed by atoms with Gasteiger partial charge in [0.1, 0.15) is 4.90 Å². The SMILES string of the molecule is CCCNc1ccncc1S(=O)(=O)NC(CC)CCC. The molecule has 0 aliphatic rings. The maximum Gasteiger partial charge on any atom is 0.244 e. The van der Waals surface area contributed by atoms with Crippen molar-refractivity contribution in [2.45, 2.75) is 57.4 Å². The Morgan fingerprint density at radius 3 is 2.60 bits per heavy atom. The molecule has 1 aromatic heterocycles. The van der Waals surface area contributed by atoms with E-state index in [0.717, 1.165) is 32.2 Å². The van der Waals surface area contributed by atoms with Crippen LogP contribution < -0.4 is 10.0 Å². The smallest absolute Gasteiger partial charge is 0.244 e. The molecule has 0 bridgehead atoms. The Morgan fingerprint density at radius 2 is 2.00 bits per heavy atom. The molecule has 20 heavy (non-hydrogen) atoms. The monoisotopic (exact) mass is 299 g/mol. The fourth-order valence-electron chi connectivity index (χ4n) is 1.98. The first-order valence-electron chi connectivity index (χ1n) is 7.25. The summed E-state index contributed by atoms with van der Waals surface area (Å²) in [7, 11) is -3.53. The molecule has 0 fully saturated rings. The maximum atomic E-state index is 12.5. The summed E-state index contributed by atoms with van der Waals surface area (Å²) in [5.41, 5.74) is 0.612. The summed E-state index contributed by atoms with van der Waals surface area (Å²) in [6, 6.07) is 1.68. The zero-order chi connectivity index (χ0) is 15.0. The van der Waals surface area contributed by atoms with Crippen LogP contribution in [-0.2, 0) is 10.0 Å². The number of pyridine rings is 1. The molecule has 1 heterocycles. The lowest BCUT2D eigenvalue weighted by Crippen LogP contribution is -2.34. The van der Waals surface area contributed by atoms with Crippen LogP contribution in [0.2, 0.25) is 0 Å². The van der Waals surface area contributed by atoms with E-state index in [2.05, 4.69) is 21.9 Å². The van der Waals surface area contributed by atoms with Crippen LogP contribution in [0.15, 0.2) is 23.4 Å². The Bertz CT molecular complexity index is 503. The number of nitrogens with zero attached hydrogens (tertiary/aromatic N) is 1. The number of nitrogens with one attached hydrogen (secondary N) is 2. The van der Waals surface area contributed by atoms with Crippen molar-refractivity contribution in [2.24, 2.45) is 0 Å². The Balaban J connectivity index is 2.96. The van der Waals surface area contributed by atoms with Gasteiger partial charge in [-0.05, 0) is 25.3 Å². The van der Waals surface area contributed by atoms with Crippen LogP contribution >= 0.6 is 0 Å². The van der Waals surface area contributed by atoms with Crippen LogP contribution in [-0.4, -0.2) is 26.0 Å². The van der Waals surface area contributed by atoms with E-state index in [4.69, 9.17) is 0 Å². The minimum Gasteiger partial charge on any atom is -0.384 e. The number of rotatable bonds is 9. The lowest BCUT2D eigenvalue weighted by molar-refractivity contribution is 0.512. The first-order chi connectivity index (χ1) is 9.55. The van der Waals surface area contributed by atoms with Gasteiger partial charge < -0.3 is 5.32 Å². The molecular weight excluding hydrogens is 274 g/mol. The van der Waals surface area contributed by atoms with E-state index >= 15 is 0 Å². The topological polar surface area (TPSA) is 71.1 Å². The lowest BCUT2D eigenvalue weighted by Gasteiger charge is -2.18. The molecule has 0 radical (unpaired) electrons. The highest BCUT2D eigenvalue weighted by Crippen LogP contribution is 2.20. The highest BCUT2D eigenvalue weighted by atomic mass is 32.2. The van der Waals surface area contributed by atoms with Crippen molar-refractivity contribution in [1.29, 1.82) is 0 Å². The molecule has 0 saturated heterocycles. The maximum absolute atomic E-state index is 12.5. The lowest BCUT2D eigenvalue weighted by atomic mass is 10.1. The van der Waals surface area contributed by atoms with Gasteiger partial charge in [0.25, 0.3) is 0 Å². The number of sulfonamides is 1. The molecule has 6 heteroatoms. The number of anilines is 1. The van der Waals surface area contributed by atoms with Gasteiger partial charge in [-0.15, -0.1) is 0 Å². The largest absolute Gasteiger partial charge is 0.384 e. The molecule has 0 aromatic carbocycles. The molecule has 0 aliphatic heterocycles. The summed E-state index contributed by atoms with van der Waals surface area (Å²) in [6.07, 6.45) is 6.51. The highest BCUT2D eigenvalue weighted by Gasteiger charge is 2.21. The van der Waals surface area contributed by atoms with E-state index in [9.17, 15) is 8.42 Å². The molecule has 1 rings (SSSR count). The number of aromatic nitrogens is 1. The predicted molar refractivity (Wildman–Crippen MR) is 82.3 cm³/mol. The van der Waals surface area contributed by atoms with E-state index < -0.39 is 10.0 Å². The van der Waals surface area contributed by atoms with Crippen LogP contribution in [0.5, 0.6) is 0 Å². The quantitative estimate of drug-likeness (QED) is 0.735. The van der Waals surface area contributed by atoms with Gasteiger partial charge in [0, 0.05) is 25.0 Å². The third-order valence-electron chi connectivity index (χ3n) is 3.09. The standard InChI is InChI=1S/C14H25N3O2S/c1-4-7-12(6-3)17-20(18,19)14-11-15-10-8-13(14)16-9-5-2/h8,10-12,17H,4-7,9H2,1-3H3,(H,15,16). The number of hydrogen-bond donors (Lipinski definition) is 2. The summed E-state index contributed by atoms with van der Waals surface area (Å²) in [5.74, 6) is 0.